The van der Waals surface area contributed by atoms with Gasteiger partial charge < -0.3 is 19.5 Å². The van der Waals surface area contributed by atoms with Crippen molar-refractivity contribution in [2.75, 3.05) is 45.3 Å². The Labute approximate surface area is 323 Å². The van der Waals surface area contributed by atoms with Gasteiger partial charge in [-0.3, -0.25) is 14.5 Å². The molecular formula is C42H49F7N2O5. The Morgan fingerprint density at radius 3 is 1.89 bits per heavy atom. The molecular weight excluding hydrogens is 745 g/mol. The van der Waals surface area contributed by atoms with E-state index in [0.717, 1.165) is 77.1 Å². The van der Waals surface area contributed by atoms with Crippen LogP contribution in [0.25, 0.3) is 21.9 Å². The van der Waals surface area contributed by atoms with Gasteiger partial charge in [0.1, 0.15) is 30.4 Å². The number of methoxy groups -OCH3 is 2. The smallest absolute Gasteiger partial charge is 0.405 e. The first-order chi connectivity index (χ1) is 26.2. The number of carboxylic acids is 1. The molecule has 14 heteroatoms. The third-order valence-corrected chi connectivity index (χ3v) is 9.49. The number of fused-ring (bicyclic) bond motifs is 1. The summed E-state index contributed by atoms with van der Waals surface area (Å²) in [7, 11) is 3.39. The van der Waals surface area contributed by atoms with E-state index in [-0.39, 0.29) is 21.9 Å². The number of aliphatic carboxylic acids is 1. The molecule has 0 fully saturated rings. The van der Waals surface area contributed by atoms with Crippen LogP contribution >= 0.6 is 0 Å². The topological polar surface area (TPSA) is 79.3 Å². The predicted octanol–water partition coefficient (Wildman–Crippen LogP) is 10.5. The van der Waals surface area contributed by atoms with Crippen molar-refractivity contribution in [1.29, 1.82) is 0 Å². The number of rotatable bonds is 15. The number of hydrogen-bond donors (Lipinski definition) is 1. The van der Waals surface area contributed by atoms with Crippen molar-refractivity contribution < 1.29 is 54.9 Å². The summed E-state index contributed by atoms with van der Waals surface area (Å²) in [6, 6.07) is 17.9. The second-order valence-electron chi connectivity index (χ2n) is 13.8. The highest BCUT2D eigenvalue weighted by molar-refractivity contribution is 6.01. The van der Waals surface area contributed by atoms with Gasteiger partial charge >= 0.3 is 18.3 Å². The van der Waals surface area contributed by atoms with Gasteiger partial charge in [0.05, 0.1) is 31.3 Å². The van der Waals surface area contributed by atoms with E-state index < -0.39 is 54.6 Å². The Hall–Kier alpha value is -4.85. The molecule has 1 atom stereocenters. The molecule has 1 N–H and O–H groups in total. The maximum absolute atomic E-state index is 13.8. The van der Waals surface area contributed by atoms with Crippen molar-refractivity contribution in [3.8, 4) is 22.6 Å². The van der Waals surface area contributed by atoms with Gasteiger partial charge in [0, 0.05) is 17.8 Å². The molecule has 4 aromatic rings. The maximum Gasteiger partial charge on any atom is 0.405 e. The van der Waals surface area contributed by atoms with Gasteiger partial charge in [-0.1, -0.05) is 70.2 Å². The maximum atomic E-state index is 13.8. The highest BCUT2D eigenvalue weighted by Crippen LogP contribution is 2.44. The van der Waals surface area contributed by atoms with Crippen molar-refractivity contribution >= 4 is 28.2 Å². The van der Waals surface area contributed by atoms with Gasteiger partial charge in [-0.2, -0.15) is 26.3 Å². The molecule has 0 saturated heterocycles. The summed E-state index contributed by atoms with van der Waals surface area (Å²) in [5, 5.41) is 11.9. The lowest BCUT2D eigenvalue weighted by Gasteiger charge is -2.27. The summed E-state index contributed by atoms with van der Waals surface area (Å²) in [6.45, 7) is 9.48. The van der Waals surface area contributed by atoms with Crippen LogP contribution in [0.5, 0.6) is 11.5 Å². The number of carbonyl (C=O) groups is 2. The zero-order valence-corrected chi connectivity index (χ0v) is 32.8. The normalized spacial score (nSPS) is 12.4. The molecule has 56 heavy (non-hydrogen) atoms. The quantitative estimate of drug-likeness (QED) is 0.0948. The van der Waals surface area contributed by atoms with Crippen LogP contribution < -0.4 is 14.4 Å². The zero-order valence-electron chi connectivity index (χ0n) is 32.8. The SMILES string of the molecule is CC(=O)c1c(C)cc(N(CC(F)(F)F)CC(F)(F)F)cc1F.CCN(CC)Cc1ccc(OC)c(-c2cccc3c(CC(C(=O)O)C(C)C)cccc23)c1OC. The average molecular weight is 795 g/mol. The summed E-state index contributed by atoms with van der Waals surface area (Å²) < 4.78 is 100. The van der Waals surface area contributed by atoms with Gasteiger partial charge in [-0.05, 0) is 84.9 Å². The predicted molar refractivity (Wildman–Crippen MR) is 204 cm³/mol. The minimum absolute atomic E-state index is 0.0278. The van der Waals surface area contributed by atoms with Gasteiger partial charge in [0.2, 0.25) is 0 Å². The fraction of sp³-hybridized carbons (Fsp3) is 0.429. The number of aryl methyl sites for hydroxylation is 1. The molecule has 4 aromatic carbocycles. The van der Waals surface area contributed by atoms with E-state index in [9.17, 15) is 45.4 Å². The lowest BCUT2D eigenvalue weighted by atomic mass is 9.86. The highest BCUT2D eigenvalue weighted by Gasteiger charge is 2.38. The Morgan fingerprint density at radius 2 is 1.41 bits per heavy atom. The van der Waals surface area contributed by atoms with E-state index in [1.54, 1.807) is 14.2 Å². The summed E-state index contributed by atoms with van der Waals surface area (Å²) in [4.78, 5) is 25.4. The van der Waals surface area contributed by atoms with Crippen LogP contribution in [0.3, 0.4) is 0 Å². The van der Waals surface area contributed by atoms with Crippen molar-refractivity contribution in [2.24, 2.45) is 11.8 Å². The molecule has 0 aliphatic heterocycles. The van der Waals surface area contributed by atoms with Crippen LogP contribution in [-0.4, -0.2) is 74.5 Å². The largest absolute Gasteiger partial charge is 0.496 e. The highest BCUT2D eigenvalue weighted by atomic mass is 19.4. The number of nitrogens with zero attached hydrogens (tertiary/aromatic N) is 2. The first kappa shape index (κ1) is 45.5. The number of carbonyl (C=O) groups excluding carboxylic acids is 1. The number of alkyl halides is 6. The monoisotopic (exact) mass is 794 g/mol. The number of carboxylic acid groups (broad SMARTS) is 1. The molecule has 4 rings (SSSR count). The molecule has 0 bridgehead atoms. The van der Waals surface area contributed by atoms with Crippen LogP contribution in [0.15, 0.2) is 60.7 Å². The second kappa shape index (κ2) is 19.3. The van der Waals surface area contributed by atoms with E-state index in [0.29, 0.717) is 12.5 Å². The second-order valence-corrected chi connectivity index (χ2v) is 13.8. The summed E-state index contributed by atoms with van der Waals surface area (Å²) in [5.41, 5.74) is 3.12. The van der Waals surface area contributed by atoms with Gasteiger partial charge in [0.25, 0.3) is 0 Å². The molecule has 0 aliphatic carbocycles. The lowest BCUT2D eigenvalue weighted by Crippen LogP contribution is -2.40. The number of hydrogen-bond acceptors (Lipinski definition) is 6. The standard InChI is InChI=1S/C29H37NO4.C13H12F7NO/c1-7-30(8-2)18-21-15-16-26(33-5)27(28(21)34-6)24-14-10-12-22-20(11-9-13-23(22)24)17-25(19(3)4)29(31)32;1-7-3-9(4-10(14)11(7)8(2)22)21(5-12(15,16)17)6-13(18,19)20/h9-16,19,25H,7-8,17-18H2,1-6H3,(H,31,32);3-4H,5-6H2,1-2H3. The number of benzene rings is 4. The molecule has 7 nitrogen and oxygen atoms in total. The molecule has 0 saturated carbocycles. The number of Topliss-reactive ketones (excluding diaryl/α,β-unsaturated/α-hetero) is 1. The molecule has 0 aromatic heterocycles. The summed E-state index contributed by atoms with van der Waals surface area (Å²) in [5.74, 6) is -1.39. The van der Waals surface area contributed by atoms with Crippen molar-refractivity contribution in [3.05, 3.63) is 88.7 Å². The Kier molecular flexibility index (Phi) is 15.7. The van der Waals surface area contributed by atoms with Gasteiger partial charge in [0.15, 0.2) is 5.78 Å². The average Bonchev–Trinajstić information content (AvgIpc) is 3.10. The van der Waals surface area contributed by atoms with Crippen LogP contribution in [0, 0.1) is 24.6 Å². The van der Waals surface area contributed by atoms with E-state index in [1.165, 1.54) is 6.92 Å². The fourth-order valence-electron chi connectivity index (χ4n) is 6.72. The van der Waals surface area contributed by atoms with Crippen LogP contribution in [0.4, 0.5) is 36.4 Å². The van der Waals surface area contributed by atoms with E-state index in [4.69, 9.17) is 9.47 Å². The van der Waals surface area contributed by atoms with Crippen LogP contribution in [0.1, 0.15) is 61.7 Å². The third-order valence-electron chi connectivity index (χ3n) is 9.49. The fourth-order valence-corrected chi connectivity index (χ4v) is 6.72. The van der Waals surface area contributed by atoms with Gasteiger partial charge in [-0.15, -0.1) is 0 Å². The van der Waals surface area contributed by atoms with Gasteiger partial charge in [-0.25, -0.2) is 4.39 Å². The molecule has 0 radical (unpaired) electrons. The number of ketones is 1. The third kappa shape index (κ3) is 11.8. The molecule has 0 amide bonds. The number of anilines is 1. The number of ether oxygens (including phenoxy) is 2. The first-order valence-electron chi connectivity index (χ1n) is 18.1. The Balaban J connectivity index is 0.000000331. The van der Waals surface area contributed by atoms with Crippen molar-refractivity contribution in [3.63, 3.8) is 0 Å². The minimum Gasteiger partial charge on any atom is -0.496 e. The van der Waals surface area contributed by atoms with E-state index >= 15 is 0 Å². The summed E-state index contributed by atoms with van der Waals surface area (Å²) >= 11 is 0. The minimum atomic E-state index is -4.89. The lowest BCUT2D eigenvalue weighted by molar-refractivity contribution is -0.143. The Bertz CT molecular complexity index is 1930. The molecule has 0 heterocycles. The van der Waals surface area contributed by atoms with Crippen LogP contribution in [0.2, 0.25) is 0 Å². The van der Waals surface area contributed by atoms with Crippen LogP contribution in [-0.2, 0) is 17.8 Å². The molecule has 1 unspecified atom stereocenters. The van der Waals surface area contributed by atoms with Crippen molar-refractivity contribution in [1.82, 2.24) is 4.90 Å². The molecule has 306 valence electrons. The van der Waals surface area contributed by atoms with E-state index in [2.05, 4.69) is 43.0 Å². The van der Waals surface area contributed by atoms with E-state index in [1.807, 2.05) is 38.1 Å². The zero-order chi connectivity index (χ0) is 42.1. The molecule has 0 aliphatic rings. The first-order valence-corrected chi connectivity index (χ1v) is 18.1. The summed E-state index contributed by atoms with van der Waals surface area (Å²) in [6.07, 6.45) is -9.30. The number of halogens is 7. The molecule has 0 spiro atoms. The Morgan fingerprint density at radius 1 is 0.821 bits per heavy atom. The van der Waals surface area contributed by atoms with Crippen molar-refractivity contribution in [2.45, 2.75) is 66.9 Å².